The van der Waals surface area contributed by atoms with E-state index in [9.17, 15) is 9.90 Å². The highest BCUT2D eigenvalue weighted by Crippen LogP contribution is 2.19. The Balaban J connectivity index is 1.99. The van der Waals surface area contributed by atoms with Crippen LogP contribution in [0.2, 0.25) is 0 Å². The summed E-state index contributed by atoms with van der Waals surface area (Å²) in [6, 6.07) is 13.0. The number of aromatic hydroxyl groups is 1. The summed E-state index contributed by atoms with van der Waals surface area (Å²) in [4.78, 5) is 12.1. The van der Waals surface area contributed by atoms with Crippen molar-refractivity contribution < 1.29 is 9.90 Å². The average Bonchev–Trinajstić information content (AvgIpc) is 2.49. The quantitative estimate of drug-likeness (QED) is 0.787. The number of hydrogen-bond donors (Lipinski definition) is 3. The lowest BCUT2D eigenvalue weighted by atomic mass is 10.1. The Morgan fingerprint density at radius 3 is 2.48 bits per heavy atom. The molecule has 0 aliphatic rings. The predicted octanol–water partition coefficient (Wildman–Crippen LogP) is 2.13. The number of carbonyl (C=O) groups excluding carboxylic acids is 1. The van der Waals surface area contributed by atoms with Gasteiger partial charge in [0.15, 0.2) is 0 Å². The molecule has 0 saturated heterocycles. The second kappa shape index (κ2) is 6.90. The molecule has 4 nitrogen and oxygen atoms in total. The van der Waals surface area contributed by atoms with E-state index in [2.05, 4.69) is 5.32 Å². The number of phenols is 1. The fourth-order valence-corrected chi connectivity index (χ4v) is 2.14. The van der Waals surface area contributed by atoms with E-state index in [-0.39, 0.29) is 11.7 Å². The molecular formula is C17H20N2O2. The number of nitrogens with one attached hydrogen (secondary N) is 1. The Hall–Kier alpha value is -2.33. The molecule has 0 aliphatic heterocycles. The number of nitrogens with two attached hydrogens (primary N) is 1. The molecule has 21 heavy (non-hydrogen) atoms. The summed E-state index contributed by atoms with van der Waals surface area (Å²) in [6.07, 6.45) is 0.856. The van der Waals surface area contributed by atoms with Crippen LogP contribution >= 0.6 is 0 Å². The third-order valence-electron chi connectivity index (χ3n) is 3.46. The van der Waals surface area contributed by atoms with Crippen LogP contribution in [0.25, 0.3) is 0 Å². The zero-order valence-electron chi connectivity index (χ0n) is 12.1. The fourth-order valence-electron chi connectivity index (χ4n) is 2.14. The Kier molecular flexibility index (Phi) is 4.95. The largest absolute Gasteiger partial charge is 0.508 e. The van der Waals surface area contributed by atoms with Gasteiger partial charge in [0.2, 0.25) is 0 Å². The molecule has 0 unspecified atom stereocenters. The topological polar surface area (TPSA) is 75.3 Å². The number of phenolic OH excluding ortho intramolecular Hbond substituents is 1. The van der Waals surface area contributed by atoms with Gasteiger partial charge >= 0.3 is 0 Å². The van der Waals surface area contributed by atoms with Gasteiger partial charge in [0.1, 0.15) is 5.75 Å². The van der Waals surface area contributed by atoms with Crippen molar-refractivity contribution in [1.29, 1.82) is 0 Å². The number of amides is 1. The van der Waals surface area contributed by atoms with Crippen LogP contribution in [-0.2, 0) is 13.0 Å². The van der Waals surface area contributed by atoms with Crippen LogP contribution in [0, 0.1) is 6.92 Å². The molecule has 2 aromatic carbocycles. The van der Waals surface area contributed by atoms with Crippen molar-refractivity contribution >= 4 is 5.91 Å². The van der Waals surface area contributed by atoms with Crippen molar-refractivity contribution in [2.45, 2.75) is 19.9 Å². The van der Waals surface area contributed by atoms with Gasteiger partial charge in [-0.2, -0.15) is 0 Å². The van der Waals surface area contributed by atoms with Gasteiger partial charge in [-0.15, -0.1) is 0 Å². The van der Waals surface area contributed by atoms with Gasteiger partial charge in [-0.3, -0.25) is 4.79 Å². The van der Waals surface area contributed by atoms with Gasteiger partial charge in [0.25, 0.3) is 5.91 Å². The highest BCUT2D eigenvalue weighted by atomic mass is 16.3. The second-order valence-electron chi connectivity index (χ2n) is 4.99. The van der Waals surface area contributed by atoms with Crippen LogP contribution < -0.4 is 11.1 Å². The lowest BCUT2D eigenvalue weighted by Gasteiger charge is -2.09. The third-order valence-corrected chi connectivity index (χ3v) is 3.46. The second-order valence-corrected chi connectivity index (χ2v) is 4.99. The van der Waals surface area contributed by atoms with E-state index in [4.69, 9.17) is 5.73 Å². The van der Waals surface area contributed by atoms with E-state index in [1.807, 2.05) is 24.3 Å². The molecule has 0 atom stereocenters. The summed E-state index contributed by atoms with van der Waals surface area (Å²) in [6.45, 7) is 2.82. The van der Waals surface area contributed by atoms with Gasteiger partial charge in [-0.1, -0.05) is 30.3 Å². The molecule has 0 aromatic heterocycles. The van der Waals surface area contributed by atoms with Crippen LogP contribution in [-0.4, -0.2) is 17.6 Å². The summed E-state index contributed by atoms with van der Waals surface area (Å²) >= 11 is 0. The highest BCUT2D eigenvalue weighted by molar-refractivity contribution is 5.96. The van der Waals surface area contributed by atoms with Crippen molar-refractivity contribution in [1.82, 2.24) is 5.32 Å². The van der Waals surface area contributed by atoms with Crippen molar-refractivity contribution in [2.75, 3.05) is 6.54 Å². The van der Waals surface area contributed by atoms with E-state index in [0.717, 1.165) is 12.0 Å². The SMILES string of the molecule is Cc1c(O)cccc1C(=O)NCc1ccc(CCN)cc1. The molecule has 0 heterocycles. The van der Waals surface area contributed by atoms with E-state index >= 15 is 0 Å². The standard InChI is InChI=1S/C17H20N2O2/c1-12-15(3-2-4-16(12)20)17(21)19-11-14-7-5-13(6-8-14)9-10-18/h2-8,20H,9-11,18H2,1H3,(H,19,21). The minimum atomic E-state index is -0.186. The predicted molar refractivity (Wildman–Crippen MR) is 83.2 cm³/mol. The van der Waals surface area contributed by atoms with Gasteiger partial charge < -0.3 is 16.2 Å². The normalized spacial score (nSPS) is 10.4. The highest BCUT2D eigenvalue weighted by Gasteiger charge is 2.10. The van der Waals surface area contributed by atoms with Crippen molar-refractivity contribution in [3.05, 3.63) is 64.7 Å². The van der Waals surface area contributed by atoms with Gasteiger partial charge in [-0.05, 0) is 43.1 Å². The van der Waals surface area contributed by atoms with E-state index < -0.39 is 0 Å². The van der Waals surface area contributed by atoms with Crippen LogP contribution in [0.5, 0.6) is 5.75 Å². The number of hydrogen-bond acceptors (Lipinski definition) is 3. The average molecular weight is 284 g/mol. The summed E-state index contributed by atoms with van der Waals surface area (Å²) in [7, 11) is 0. The van der Waals surface area contributed by atoms with Crippen LogP contribution in [0.4, 0.5) is 0 Å². The van der Waals surface area contributed by atoms with Crippen LogP contribution in [0.3, 0.4) is 0 Å². The molecule has 2 rings (SSSR count). The fraction of sp³-hybridized carbons (Fsp3) is 0.235. The molecule has 0 radical (unpaired) electrons. The first kappa shape index (κ1) is 15.1. The third kappa shape index (κ3) is 3.83. The van der Waals surface area contributed by atoms with Crippen LogP contribution in [0.1, 0.15) is 27.0 Å². The first-order valence-electron chi connectivity index (χ1n) is 6.96. The first-order chi connectivity index (χ1) is 10.1. The molecule has 0 fully saturated rings. The van der Waals surface area contributed by atoms with Crippen molar-refractivity contribution in [2.24, 2.45) is 5.73 Å². The zero-order valence-corrected chi connectivity index (χ0v) is 12.1. The van der Waals surface area contributed by atoms with E-state index in [1.54, 1.807) is 25.1 Å². The first-order valence-corrected chi connectivity index (χ1v) is 6.96. The van der Waals surface area contributed by atoms with E-state index in [0.29, 0.717) is 24.2 Å². The number of rotatable bonds is 5. The summed E-state index contributed by atoms with van der Waals surface area (Å²) in [5, 5.41) is 12.5. The maximum atomic E-state index is 12.1. The number of carbonyl (C=O) groups is 1. The summed E-state index contributed by atoms with van der Waals surface area (Å²) in [5.74, 6) is -0.0526. The Morgan fingerprint density at radius 1 is 1.14 bits per heavy atom. The van der Waals surface area contributed by atoms with Crippen molar-refractivity contribution in [3.8, 4) is 5.75 Å². The maximum absolute atomic E-state index is 12.1. The van der Waals surface area contributed by atoms with Crippen molar-refractivity contribution in [3.63, 3.8) is 0 Å². The van der Waals surface area contributed by atoms with Gasteiger partial charge in [0.05, 0.1) is 0 Å². The number of benzene rings is 2. The minimum Gasteiger partial charge on any atom is -0.508 e. The molecule has 110 valence electrons. The molecule has 0 saturated carbocycles. The van der Waals surface area contributed by atoms with Gasteiger partial charge in [-0.25, -0.2) is 0 Å². The molecule has 0 bridgehead atoms. The molecule has 0 spiro atoms. The molecule has 2 aromatic rings. The Labute approximate surface area is 124 Å². The molecule has 4 N–H and O–H groups in total. The Bertz CT molecular complexity index is 621. The lowest BCUT2D eigenvalue weighted by Crippen LogP contribution is -2.23. The maximum Gasteiger partial charge on any atom is 0.251 e. The van der Waals surface area contributed by atoms with Crippen LogP contribution in [0.15, 0.2) is 42.5 Å². The minimum absolute atomic E-state index is 0.133. The molecular weight excluding hydrogens is 264 g/mol. The zero-order chi connectivity index (χ0) is 15.2. The summed E-state index contributed by atoms with van der Waals surface area (Å²) < 4.78 is 0. The Morgan fingerprint density at radius 2 is 1.81 bits per heavy atom. The monoisotopic (exact) mass is 284 g/mol. The summed E-state index contributed by atoms with van der Waals surface area (Å²) in [5.41, 5.74) is 8.82. The lowest BCUT2D eigenvalue weighted by molar-refractivity contribution is 0.0950. The van der Waals surface area contributed by atoms with E-state index in [1.165, 1.54) is 5.56 Å². The smallest absolute Gasteiger partial charge is 0.251 e. The molecule has 0 aliphatic carbocycles. The molecule has 4 heteroatoms. The van der Waals surface area contributed by atoms with Gasteiger partial charge in [0, 0.05) is 17.7 Å². The molecule has 1 amide bonds.